The van der Waals surface area contributed by atoms with Crippen molar-refractivity contribution >= 4 is 21.8 Å². The molecular weight excluding hydrogens is 228 g/mol. The molecule has 0 amide bonds. The Hall–Kier alpha value is -0.830. The Morgan fingerprint density at radius 3 is 2.92 bits per heavy atom. The van der Waals surface area contributed by atoms with Crippen LogP contribution in [0.2, 0.25) is 0 Å². The molecule has 0 saturated heterocycles. The standard InChI is InChI=1S/C10H13BrN2/c1-2-13-10(12)7-8-4-3-5-9(11)6-8/h3-6H,2,7H2,1H3,(H2,12,13). The highest BCUT2D eigenvalue weighted by Gasteiger charge is 1.96. The second-order valence-corrected chi connectivity index (χ2v) is 3.69. The van der Waals surface area contributed by atoms with Crippen molar-refractivity contribution in [3.05, 3.63) is 34.3 Å². The van der Waals surface area contributed by atoms with Gasteiger partial charge in [-0.15, -0.1) is 0 Å². The molecule has 1 rings (SSSR count). The second kappa shape index (κ2) is 5.02. The van der Waals surface area contributed by atoms with E-state index in [0.717, 1.165) is 17.4 Å². The van der Waals surface area contributed by atoms with Crippen LogP contribution in [0.1, 0.15) is 12.5 Å². The normalized spacial score (nSPS) is 11.7. The summed E-state index contributed by atoms with van der Waals surface area (Å²) < 4.78 is 1.08. The molecule has 1 aromatic rings. The van der Waals surface area contributed by atoms with Gasteiger partial charge in [0, 0.05) is 17.4 Å². The Balaban J connectivity index is 2.69. The number of nitrogens with two attached hydrogens (primary N) is 1. The molecule has 0 atom stereocenters. The molecule has 13 heavy (non-hydrogen) atoms. The molecule has 0 spiro atoms. The molecule has 0 fully saturated rings. The van der Waals surface area contributed by atoms with E-state index in [0.29, 0.717) is 5.84 Å². The van der Waals surface area contributed by atoms with E-state index in [-0.39, 0.29) is 0 Å². The van der Waals surface area contributed by atoms with Crippen molar-refractivity contribution in [2.75, 3.05) is 6.54 Å². The first kappa shape index (κ1) is 10.3. The number of rotatable bonds is 3. The molecule has 0 bridgehead atoms. The van der Waals surface area contributed by atoms with Gasteiger partial charge in [0.05, 0.1) is 5.84 Å². The van der Waals surface area contributed by atoms with E-state index < -0.39 is 0 Å². The highest BCUT2D eigenvalue weighted by Crippen LogP contribution is 2.11. The molecule has 0 saturated carbocycles. The maximum absolute atomic E-state index is 5.70. The summed E-state index contributed by atoms with van der Waals surface area (Å²) in [6.45, 7) is 2.73. The zero-order valence-corrected chi connectivity index (χ0v) is 9.21. The third-order valence-corrected chi connectivity index (χ3v) is 2.13. The van der Waals surface area contributed by atoms with Crippen molar-refractivity contribution in [2.24, 2.45) is 10.7 Å². The van der Waals surface area contributed by atoms with Gasteiger partial charge in [0.15, 0.2) is 0 Å². The molecule has 0 unspecified atom stereocenters. The quantitative estimate of drug-likeness (QED) is 0.640. The number of halogens is 1. The summed E-state index contributed by atoms with van der Waals surface area (Å²) in [5.74, 6) is 0.695. The first-order valence-corrected chi connectivity index (χ1v) is 5.05. The van der Waals surface area contributed by atoms with Crippen LogP contribution in [-0.4, -0.2) is 12.4 Å². The Bertz CT molecular complexity index is 308. The van der Waals surface area contributed by atoms with Crippen molar-refractivity contribution < 1.29 is 0 Å². The van der Waals surface area contributed by atoms with Gasteiger partial charge < -0.3 is 5.73 Å². The molecule has 2 N–H and O–H groups in total. The van der Waals surface area contributed by atoms with Gasteiger partial charge in [-0.05, 0) is 24.6 Å². The largest absolute Gasteiger partial charge is 0.387 e. The second-order valence-electron chi connectivity index (χ2n) is 2.77. The molecule has 0 aliphatic heterocycles. The monoisotopic (exact) mass is 240 g/mol. The van der Waals surface area contributed by atoms with Crippen molar-refractivity contribution in [3.63, 3.8) is 0 Å². The molecule has 0 heterocycles. The minimum absolute atomic E-state index is 0.695. The Morgan fingerprint density at radius 1 is 1.54 bits per heavy atom. The van der Waals surface area contributed by atoms with Crippen LogP contribution in [0.4, 0.5) is 0 Å². The van der Waals surface area contributed by atoms with Gasteiger partial charge >= 0.3 is 0 Å². The summed E-state index contributed by atoms with van der Waals surface area (Å²) >= 11 is 3.41. The smallest absolute Gasteiger partial charge is 0.0981 e. The fourth-order valence-corrected chi connectivity index (χ4v) is 1.56. The number of nitrogens with zero attached hydrogens (tertiary/aromatic N) is 1. The fraction of sp³-hybridized carbons (Fsp3) is 0.300. The summed E-state index contributed by atoms with van der Waals surface area (Å²) in [6.07, 6.45) is 0.729. The minimum Gasteiger partial charge on any atom is -0.387 e. The third kappa shape index (κ3) is 3.59. The van der Waals surface area contributed by atoms with Crippen LogP contribution in [0.15, 0.2) is 33.7 Å². The molecule has 0 aliphatic rings. The van der Waals surface area contributed by atoms with Crippen LogP contribution in [0.3, 0.4) is 0 Å². The topological polar surface area (TPSA) is 38.4 Å². The van der Waals surface area contributed by atoms with Crippen molar-refractivity contribution in [1.82, 2.24) is 0 Å². The van der Waals surface area contributed by atoms with Gasteiger partial charge in [0.2, 0.25) is 0 Å². The van der Waals surface area contributed by atoms with Gasteiger partial charge in [-0.2, -0.15) is 0 Å². The third-order valence-electron chi connectivity index (χ3n) is 1.64. The van der Waals surface area contributed by atoms with E-state index >= 15 is 0 Å². The highest BCUT2D eigenvalue weighted by molar-refractivity contribution is 9.10. The first-order chi connectivity index (χ1) is 6.22. The predicted octanol–water partition coefficient (Wildman–Crippen LogP) is 2.37. The predicted molar refractivity (Wildman–Crippen MR) is 60.0 cm³/mol. The lowest BCUT2D eigenvalue weighted by atomic mass is 10.1. The van der Waals surface area contributed by atoms with Crippen LogP contribution < -0.4 is 5.73 Å². The summed E-state index contributed by atoms with van der Waals surface area (Å²) in [5.41, 5.74) is 6.89. The van der Waals surface area contributed by atoms with Crippen LogP contribution in [0.25, 0.3) is 0 Å². The molecule has 0 aliphatic carbocycles. The lowest BCUT2D eigenvalue weighted by Crippen LogP contribution is -2.15. The average Bonchev–Trinajstić information content (AvgIpc) is 2.04. The molecule has 1 aromatic carbocycles. The SMILES string of the molecule is CCN=C(N)Cc1cccc(Br)c1. The minimum atomic E-state index is 0.695. The highest BCUT2D eigenvalue weighted by atomic mass is 79.9. The number of amidine groups is 1. The van der Waals surface area contributed by atoms with E-state index in [4.69, 9.17) is 5.73 Å². The molecule has 3 heteroatoms. The van der Waals surface area contributed by atoms with Crippen LogP contribution >= 0.6 is 15.9 Å². The fourth-order valence-electron chi connectivity index (χ4n) is 1.12. The van der Waals surface area contributed by atoms with E-state index in [2.05, 4.69) is 27.0 Å². The molecule has 2 nitrogen and oxygen atoms in total. The Labute approximate surface area is 87.0 Å². The molecule has 0 aromatic heterocycles. The van der Waals surface area contributed by atoms with Gasteiger partial charge in [-0.3, -0.25) is 4.99 Å². The van der Waals surface area contributed by atoms with Crippen molar-refractivity contribution in [1.29, 1.82) is 0 Å². The van der Waals surface area contributed by atoms with Gasteiger partial charge in [0.1, 0.15) is 0 Å². The van der Waals surface area contributed by atoms with E-state index in [1.165, 1.54) is 5.56 Å². The summed E-state index contributed by atoms with van der Waals surface area (Å²) in [6, 6.07) is 8.09. The van der Waals surface area contributed by atoms with Crippen LogP contribution in [-0.2, 0) is 6.42 Å². The first-order valence-electron chi connectivity index (χ1n) is 4.25. The van der Waals surface area contributed by atoms with Crippen molar-refractivity contribution in [3.8, 4) is 0 Å². The summed E-state index contributed by atoms with van der Waals surface area (Å²) in [4.78, 5) is 4.13. The van der Waals surface area contributed by atoms with E-state index in [1.54, 1.807) is 0 Å². The van der Waals surface area contributed by atoms with Crippen LogP contribution in [0.5, 0.6) is 0 Å². The van der Waals surface area contributed by atoms with Crippen LogP contribution in [0, 0.1) is 0 Å². The van der Waals surface area contributed by atoms with E-state index in [1.807, 2.05) is 25.1 Å². The summed E-state index contributed by atoms with van der Waals surface area (Å²) in [7, 11) is 0. The Kier molecular flexibility index (Phi) is 3.96. The molecule has 70 valence electrons. The maximum Gasteiger partial charge on any atom is 0.0981 e. The number of hydrogen-bond donors (Lipinski definition) is 1. The lowest BCUT2D eigenvalue weighted by molar-refractivity contribution is 1.10. The van der Waals surface area contributed by atoms with Gasteiger partial charge in [-0.25, -0.2) is 0 Å². The zero-order chi connectivity index (χ0) is 9.68. The number of hydrogen-bond acceptors (Lipinski definition) is 1. The molecular formula is C10H13BrN2. The molecule has 0 radical (unpaired) electrons. The Morgan fingerprint density at radius 2 is 2.31 bits per heavy atom. The number of benzene rings is 1. The maximum atomic E-state index is 5.70. The van der Waals surface area contributed by atoms with E-state index in [9.17, 15) is 0 Å². The number of aliphatic imine (C=N–C) groups is 1. The average molecular weight is 241 g/mol. The zero-order valence-electron chi connectivity index (χ0n) is 7.63. The van der Waals surface area contributed by atoms with Gasteiger partial charge in [-0.1, -0.05) is 28.1 Å². The van der Waals surface area contributed by atoms with Gasteiger partial charge in [0.25, 0.3) is 0 Å². The van der Waals surface area contributed by atoms with Crippen molar-refractivity contribution in [2.45, 2.75) is 13.3 Å². The summed E-state index contributed by atoms with van der Waals surface area (Å²) in [5, 5.41) is 0. The lowest BCUT2D eigenvalue weighted by Gasteiger charge is -2.01.